The average molecular weight is 410 g/mol. The van der Waals surface area contributed by atoms with Crippen molar-refractivity contribution in [1.29, 1.82) is 0 Å². The third-order valence-electron chi connectivity index (χ3n) is 4.36. The minimum atomic E-state index is -0.645. The van der Waals surface area contributed by atoms with E-state index in [1.54, 1.807) is 6.08 Å². The minimum Gasteiger partial charge on any atom is -0.368 e. The lowest BCUT2D eigenvalue weighted by atomic mass is 10.3. The summed E-state index contributed by atoms with van der Waals surface area (Å²) in [6.45, 7) is -0.110. The fourth-order valence-corrected chi connectivity index (χ4v) is 2.52. The molecule has 1 aliphatic heterocycles. The van der Waals surface area contributed by atoms with Crippen molar-refractivity contribution in [3.63, 3.8) is 0 Å². The van der Waals surface area contributed by atoms with Gasteiger partial charge in [0, 0.05) is 34.2 Å². The molecule has 0 saturated carbocycles. The molecule has 5 amide bonds. The van der Waals surface area contributed by atoms with E-state index >= 15 is 0 Å². The lowest BCUT2D eigenvalue weighted by molar-refractivity contribution is -0.144. The van der Waals surface area contributed by atoms with Crippen molar-refractivity contribution in [3.05, 3.63) is 12.2 Å². The number of nitrogens with two attached hydrogens (primary N) is 1. The fourth-order valence-electron chi connectivity index (χ4n) is 2.52. The first-order valence-corrected chi connectivity index (χ1v) is 9.25. The van der Waals surface area contributed by atoms with Gasteiger partial charge < -0.3 is 30.7 Å². The third kappa shape index (κ3) is 8.73. The van der Waals surface area contributed by atoms with Crippen LogP contribution in [0.2, 0.25) is 0 Å². The van der Waals surface area contributed by atoms with Crippen molar-refractivity contribution in [1.82, 2.24) is 24.9 Å². The van der Waals surface area contributed by atoms with Gasteiger partial charge in [0.15, 0.2) is 0 Å². The Morgan fingerprint density at radius 1 is 0.897 bits per heavy atom. The van der Waals surface area contributed by atoms with Gasteiger partial charge in [0.1, 0.15) is 0 Å². The fraction of sp³-hybridized carbons (Fsp3) is 0.611. The first-order chi connectivity index (χ1) is 13.6. The first kappa shape index (κ1) is 24.1. The van der Waals surface area contributed by atoms with Crippen molar-refractivity contribution >= 4 is 29.5 Å². The molecule has 29 heavy (non-hydrogen) atoms. The van der Waals surface area contributed by atoms with Crippen LogP contribution < -0.4 is 11.1 Å². The van der Waals surface area contributed by atoms with Crippen molar-refractivity contribution in [2.24, 2.45) is 5.73 Å². The topological polar surface area (TPSA) is 136 Å². The van der Waals surface area contributed by atoms with Gasteiger partial charge in [-0.05, 0) is 6.42 Å². The van der Waals surface area contributed by atoms with E-state index in [0.717, 1.165) is 0 Å². The normalized spacial score (nSPS) is 20.5. The molecule has 0 spiro atoms. The van der Waals surface area contributed by atoms with Gasteiger partial charge in [-0.15, -0.1) is 0 Å². The van der Waals surface area contributed by atoms with E-state index in [-0.39, 0.29) is 45.2 Å². The van der Waals surface area contributed by atoms with E-state index in [1.165, 1.54) is 40.7 Å². The molecule has 3 N–H and O–H groups in total. The van der Waals surface area contributed by atoms with Crippen LogP contribution in [0.1, 0.15) is 6.42 Å². The zero-order valence-corrected chi connectivity index (χ0v) is 17.2. The van der Waals surface area contributed by atoms with E-state index in [2.05, 4.69) is 5.32 Å². The number of rotatable bonds is 2. The molecule has 0 fully saturated rings. The SMILES string of the molecule is CN1CC(=O)N(C)CC(=O)N(C)CC(=O)N(CC(N)=O)CC/C=C/CNCC1=O. The summed E-state index contributed by atoms with van der Waals surface area (Å²) in [4.78, 5) is 65.4. The monoisotopic (exact) mass is 410 g/mol. The zero-order valence-electron chi connectivity index (χ0n) is 17.2. The smallest absolute Gasteiger partial charge is 0.242 e. The molecule has 0 bridgehead atoms. The van der Waals surface area contributed by atoms with Crippen LogP contribution in [0.4, 0.5) is 0 Å². The Labute approximate surface area is 170 Å². The number of hydrogen-bond donors (Lipinski definition) is 2. The summed E-state index contributed by atoms with van der Waals surface area (Å²) >= 11 is 0. The van der Waals surface area contributed by atoms with E-state index < -0.39 is 23.6 Å². The lowest BCUT2D eigenvalue weighted by Gasteiger charge is -2.26. The van der Waals surface area contributed by atoms with Gasteiger partial charge >= 0.3 is 0 Å². The van der Waals surface area contributed by atoms with Gasteiger partial charge in [-0.3, -0.25) is 24.0 Å². The molecule has 162 valence electrons. The largest absolute Gasteiger partial charge is 0.368 e. The maximum absolute atomic E-state index is 12.5. The van der Waals surface area contributed by atoms with Crippen molar-refractivity contribution in [2.45, 2.75) is 6.42 Å². The highest BCUT2D eigenvalue weighted by molar-refractivity contribution is 5.91. The molecule has 0 atom stereocenters. The standard InChI is InChI=1S/C18H30N6O5/c1-21-11-16(27)22(2)12-17(28)23(3)13-18(29)24(10-14(19)25)8-6-4-5-7-20-9-15(21)26/h4-5,20H,6-13H2,1-3H3,(H2,19,25)/b5-4+. The molecular formula is C18H30N6O5. The van der Waals surface area contributed by atoms with Crippen molar-refractivity contribution in [3.8, 4) is 0 Å². The summed E-state index contributed by atoms with van der Waals surface area (Å²) in [7, 11) is 4.42. The minimum absolute atomic E-state index is 0.0613. The third-order valence-corrected chi connectivity index (χ3v) is 4.36. The quantitative estimate of drug-likeness (QED) is 0.473. The summed E-state index contributed by atoms with van der Waals surface area (Å²) in [5.41, 5.74) is 5.22. The first-order valence-electron chi connectivity index (χ1n) is 9.25. The number of carbonyl (C=O) groups is 5. The molecule has 1 rings (SSSR count). The molecule has 0 aromatic rings. The van der Waals surface area contributed by atoms with Crippen LogP contribution in [-0.4, -0.2) is 116 Å². The summed E-state index contributed by atoms with van der Waals surface area (Å²) in [6.07, 6.45) is 4.11. The number of nitrogens with zero attached hydrogens (tertiary/aromatic N) is 4. The Balaban J connectivity index is 2.92. The van der Waals surface area contributed by atoms with Crippen molar-refractivity contribution < 1.29 is 24.0 Å². The molecule has 11 heteroatoms. The van der Waals surface area contributed by atoms with Gasteiger partial charge in [-0.25, -0.2) is 0 Å². The summed E-state index contributed by atoms with van der Waals surface area (Å²) < 4.78 is 0. The van der Waals surface area contributed by atoms with E-state index in [0.29, 0.717) is 13.0 Å². The molecule has 0 aromatic carbocycles. The predicted octanol–water partition coefficient (Wildman–Crippen LogP) is -2.77. The van der Waals surface area contributed by atoms with E-state index in [1.807, 2.05) is 6.08 Å². The predicted molar refractivity (Wildman–Crippen MR) is 105 cm³/mol. The maximum atomic E-state index is 12.5. The average Bonchev–Trinajstić information content (AvgIpc) is 2.64. The molecule has 1 heterocycles. The van der Waals surface area contributed by atoms with Crippen LogP contribution in [0, 0.1) is 0 Å². The number of hydrogen-bond acceptors (Lipinski definition) is 6. The van der Waals surface area contributed by atoms with Gasteiger partial charge in [0.25, 0.3) is 0 Å². The number of nitrogens with one attached hydrogen (secondary N) is 1. The highest BCUT2D eigenvalue weighted by Crippen LogP contribution is 1.99. The van der Waals surface area contributed by atoms with Gasteiger partial charge in [0.2, 0.25) is 29.5 Å². The molecule has 1 aliphatic rings. The second-order valence-corrected chi connectivity index (χ2v) is 6.92. The molecular weight excluding hydrogens is 380 g/mol. The van der Waals surface area contributed by atoms with Crippen LogP contribution in [0.25, 0.3) is 0 Å². The van der Waals surface area contributed by atoms with Crippen LogP contribution >= 0.6 is 0 Å². The maximum Gasteiger partial charge on any atom is 0.242 e. The number of primary amides is 1. The second-order valence-electron chi connectivity index (χ2n) is 6.92. The summed E-state index contributed by atoms with van der Waals surface area (Å²) in [6, 6.07) is 0. The van der Waals surface area contributed by atoms with Crippen LogP contribution in [0.15, 0.2) is 12.2 Å². The zero-order chi connectivity index (χ0) is 22.0. The van der Waals surface area contributed by atoms with Gasteiger partial charge in [0.05, 0.1) is 32.7 Å². The number of amides is 5. The van der Waals surface area contributed by atoms with Crippen LogP contribution in [-0.2, 0) is 24.0 Å². The highest BCUT2D eigenvalue weighted by atomic mass is 16.2. The van der Waals surface area contributed by atoms with Crippen molar-refractivity contribution in [2.75, 3.05) is 67.0 Å². The highest BCUT2D eigenvalue weighted by Gasteiger charge is 2.22. The van der Waals surface area contributed by atoms with Gasteiger partial charge in [-0.1, -0.05) is 12.2 Å². The molecule has 0 unspecified atom stereocenters. The molecule has 0 aliphatic carbocycles. The van der Waals surface area contributed by atoms with Crippen LogP contribution in [0.3, 0.4) is 0 Å². The second kappa shape index (κ2) is 11.8. The molecule has 0 saturated heterocycles. The van der Waals surface area contributed by atoms with Crippen LogP contribution in [0.5, 0.6) is 0 Å². The molecule has 11 nitrogen and oxygen atoms in total. The molecule has 0 radical (unpaired) electrons. The van der Waals surface area contributed by atoms with E-state index in [4.69, 9.17) is 5.73 Å². The summed E-state index contributed by atoms with van der Waals surface area (Å²) in [5.74, 6) is -2.14. The number of likely N-dealkylation sites (N-methyl/N-ethyl adjacent to an activating group) is 3. The Morgan fingerprint density at radius 2 is 1.41 bits per heavy atom. The van der Waals surface area contributed by atoms with Gasteiger partial charge in [-0.2, -0.15) is 0 Å². The molecule has 0 aromatic heterocycles. The Bertz CT molecular complexity index is 665. The Hall–Kier alpha value is -2.95. The Morgan fingerprint density at radius 3 is 1.97 bits per heavy atom. The van der Waals surface area contributed by atoms with E-state index in [9.17, 15) is 24.0 Å². The Kier molecular flexibility index (Phi) is 9.80. The lowest BCUT2D eigenvalue weighted by Crippen LogP contribution is -2.48. The summed E-state index contributed by atoms with van der Waals surface area (Å²) in [5, 5.41) is 2.94. The number of carbonyl (C=O) groups excluding carboxylic acids is 5.